The van der Waals surface area contributed by atoms with Crippen molar-refractivity contribution < 1.29 is 4.79 Å². The minimum Gasteiger partial charge on any atom is -0.352 e. The number of nitrogens with zero attached hydrogens (tertiary/aromatic N) is 2. The fourth-order valence-electron chi connectivity index (χ4n) is 1.93. The molecule has 0 atom stereocenters. The first kappa shape index (κ1) is 13.3. The lowest BCUT2D eigenvalue weighted by Gasteiger charge is -2.07. The van der Waals surface area contributed by atoms with Crippen LogP contribution in [0.5, 0.6) is 0 Å². The quantitative estimate of drug-likeness (QED) is 0.830. The minimum absolute atomic E-state index is 0.00949. The van der Waals surface area contributed by atoms with Crippen LogP contribution in [0.4, 0.5) is 0 Å². The molecule has 0 unspecified atom stereocenters. The molecule has 0 bridgehead atoms. The number of nitrogens with two attached hydrogens (primary N) is 1. The summed E-state index contributed by atoms with van der Waals surface area (Å²) in [6.45, 7) is 0.948. The summed E-state index contributed by atoms with van der Waals surface area (Å²) >= 11 is 0. The number of hydrogen-bond acceptors (Lipinski definition) is 3. The standard InChI is InChI=1S/C14H18N4O/c1-18-10-11(9-17-18)8-16-14(19)6-12-4-2-3-5-13(12)7-15/h2-5,9-10H,6-8,15H2,1H3,(H,16,19). The number of amides is 1. The maximum absolute atomic E-state index is 11.9. The van der Waals surface area contributed by atoms with Crippen LogP contribution in [0.25, 0.3) is 0 Å². The maximum atomic E-state index is 11.9. The molecule has 0 saturated carbocycles. The van der Waals surface area contributed by atoms with E-state index in [0.29, 0.717) is 19.5 Å². The summed E-state index contributed by atoms with van der Waals surface area (Å²) in [5, 5.41) is 6.93. The van der Waals surface area contributed by atoms with Gasteiger partial charge in [-0.25, -0.2) is 0 Å². The topological polar surface area (TPSA) is 72.9 Å². The Morgan fingerprint density at radius 3 is 2.74 bits per heavy atom. The zero-order valence-corrected chi connectivity index (χ0v) is 11.0. The van der Waals surface area contributed by atoms with Gasteiger partial charge in [-0.1, -0.05) is 24.3 Å². The van der Waals surface area contributed by atoms with Crippen molar-refractivity contribution in [3.63, 3.8) is 0 Å². The molecule has 0 aliphatic heterocycles. The number of aromatic nitrogens is 2. The van der Waals surface area contributed by atoms with Crippen molar-refractivity contribution in [1.29, 1.82) is 0 Å². The smallest absolute Gasteiger partial charge is 0.224 e. The van der Waals surface area contributed by atoms with Gasteiger partial charge in [0.15, 0.2) is 0 Å². The number of rotatable bonds is 5. The number of carbonyl (C=O) groups excluding carboxylic acids is 1. The molecule has 0 spiro atoms. The summed E-state index contributed by atoms with van der Waals surface area (Å²) in [6, 6.07) is 7.73. The first-order valence-corrected chi connectivity index (χ1v) is 6.20. The molecule has 0 radical (unpaired) electrons. The third-order valence-electron chi connectivity index (χ3n) is 2.94. The second-order valence-corrected chi connectivity index (χ2v) is 4.45. The van der Waals surface area contributed by atoms with Crippen LogP contribution in [0.1, 0.15) is 16.7 Å². The van der Waals surface area contributed by atoms with Gasteiger partial charge in [0.05, 0.1) is 12.6 Å². The highest BCUT2D eigenvalue weighted by Gasteiger charge is 2.07. The fourth-order valence-corrected chi connectivity index (χ4v) is 1.93. The molecule has 0 aliphatic carbocycles. The van der Waals surface area contributed by atoms with Crippen molar-refractivity contribution in [3.05, 3.63) is 53.3 Å². The van der Waals surface area contributed by atoms with E-state index in [1.165, 1.54) is 0 Å². The van der Waals surface area contributed by atoms with Gasteiger partial charge >= 0.3 is 0 Å². The van der Waals surface area contributed by atoms with Crippen LogP contribution < -0.4 is 11.1 Å². The van der Waals surface area contributed by atoms with Gasteiger partial charge in [0.1, 0.15) is 0 Å². The van der Waals surface area contributed by atoms with Gasteiger partial charge in [-0.2, -0.15) is 5.10 Å². The fraction of sp³-hybridized carbons (Fsp3) is 0.286. The molecule has 5 nitrogen and oxygen atoms in total. The van der Waals surface area contributed by atoms with Crippen LogP contribution in [0.15, 0.2) is 36.7 Å². The third kappa shape index (κ3) is 3.66. The Morgan fingerprint density at radius 1 is 1.37 bits per heavy atom. The molecular formula is C14H18N4O. The number of carbonyl (C=O) groups is 1. The minimum atomic E-state index is -0.00949. The van der Waals surface area contributed by atoms with Crippen molar-refractivity contribution >= 4 is 5.91 Å². The Morgan fingerprint density at radius 2 is 2.11 bits per heavy atom. The van der Waals surface area contributed by atoms with Gasteiger partial charge in [0, 0.05) is 31.9 Å². The van der Waals surface area contributed by atoms with Gasteiger partial charge in [-0.05, 0) is 11.1 Å². The Balaban J connectivity index is 1.90. The monoisotopic (exact) mass is 258 g/mol. The van der Waals surface area contributed by atoms with Crippen LogP contribution in [0.3, 0.4) is 0 Å². The zero-order valence-electron chi connectivity index (χ0n) is 11.0. The van der Waals surface area contributed by atoms with E-state index >= 15 is 0 Å². The number of hydrogen-bond donors (Lipinski definition) is 2. The third-order valence-corrected chi connectivity index (χ3v) is 2.94. The number of aryl methyl sites for hydroxylation is 1. The van der Waals surface area contributed by atoms with Gasteiger partial charge in [-0.3, -0.25) is 9.48 Å². The van der Waals surface area contributed by atoms with E-state index in [1.807, 2.05) is 37.5 Å². The predicted molar refractivity (Wildman–Crippen MR) is 73.1 cm³/mol. The first-order chi connectivity index (χ1) is 9.19. The average molecular weight is 258 g/mol. The van der Waals surface area contributed by atoms with E-state index < -0.39 is 0 Å². The predicted octanol–water partition coefficient (Wildman–Crippen LogP) is 0.738. The maximum Gasteiger partial charge on any atom is 0.224 e. The molecule has 0 aliphatic rings. The normalized spacial score (nSPS) is 10.4. The molecule has 2 rings (SSSR count). The Labute approximate surface area is 112 Å². The largest absolute Gasteiger partial charge is 0.352 e. The highest BCUT2D eigenvalue weighted by Crippen LogP contribution is 2.08. The van der Waals surface area contributed by atoms with Crippen LogP contribution in [0.2, 0.25) is 0 Å². The molecular weight excluding hydrogens is 240 g/mol. The van der Waals surface area contributed by atoms with E-state index in [1.54, 1.807) is 10.9 Å². The Bertz CT molecular complexity index is 562. The second kappa shape index (κ2) is 6.15. The number of benzene rings is 1. The molecule has 5 heteroatoms. The van der Waals surface area contributed by atoms with E-state index in [4.69, 9.17) is 5.73 Å². The van der Waals surface area contributed by atoms with Gasteiger partial charge in [0.2, 0.25) is 5.91 Å². The van der Waals surface area contributed by atoms with Crippen molar-refractivity contribution in [2.75, 3.05) is 0 Å². The second-order valence-electron chi connectivity index (χ2n) is 4.45. The van der Waals surface area contributed by atoms with E-state index in [2.05, 4.69) is 10.4 Å². The summed E-state index contributed by atoms with van der Waals surface area (Å²) in [6.07, 6.45) is 3.98. The summed E-state index contributed by atoms with van der Waals surface area (Å²) in [5.74, 6) is -0.00949. The molecule has 1 aromatic heterocycles. The molecule has 19 heavy (non-hydrogen) atoms. The Hall–Kier alpha value is -2.14. The van der Waals surface area contributed by atoms with E-state index in [9.17, 15) is 4.79 Å². The molecule has 0 fully saturated rings. The first-order valence-electron chi connectivity index (χ1n) is 6.20. The Kier molecular flexibility index (Phi) is 4.30. The molecule has 0 saturated heterocycles. The molecule has 1 amide bonds. The lowest BCUT2D eigenvalue weighted by atomic mass is 10.0. The highest BCUT2D eigenvalue weighted by molar-refractivity contribution is 5.78. The van der Waals surface area contributed by atoms with Gasteiger partial charge in [0.25, 0.3) is 0 Å². The van der Waals surface area contributed by atoms with Crippen LogP contribution >= 0.6 is 0 Å². The van der Waals surface area contributed by atoms with Gasteiger partial charge in [-0.15, -0.1) is 0 Å². The molecule has 1 heterocycles. The lowest BCUT2D eigenvalue weighted by Crippen LogP contribution is -2.25. The van der Waals surface area contributed by atoms with Crippen molar-refractivity contribution in [2.45, 2.75) is 19.5 Å². The summed E-state index contributed by atoms with van der Waals surface area (Å²) in [4.78, 5) is 11.9. The van der Waals surface area contributed by atoms with Crippen molar-refractivity contribution in [2.24, 2.45) is 12.8 Å². The summed E-state index contributed by atoms with van der Waals surface area (Å²) in [5.41, 5.74) is 8.63. The molecule has 3 N–H and O–H groups in total. The summed E-state index contributed by atoms with van der Waals surface area (Å²) < 4.78 is 1.71. The molecule has 1 aromatic carbocycles. The lowest BCUT2D eigenvalue weighted by molar-refractivity contribution is -0.120. The SMILES string of the molecule is Cn1cc(CNC(=O)Cc2ccccc2CN)cn1. The zero-order chi connectivity index (χ0) is 13.7. The molecule has 2 aromatic rings. The number of nitrogens with one attached hydrogen (secondary N) is 1. The van der Waals surface area contributed by atoms with Crippen LogP contribution in [0, 0.1) is 0 Å². The average Bonchev–Trinajstić information content (AvgIpc) is 2.83. The van der Waals surface area contributed by atoms with E-state index in [0.717, 1.165) is 16.7 Å². The van der Waals surface area contributed by atoms with Crippen LogP contribution in [-0.4, -0.2) is 15.7 Å². The molecule has 100 valence electrons. The highest BCUT2D eigenvalue weighted by atomic mass is 16.1. The van der Waals surface area contributed by atoms with Gasteiger partial charge < -0.3 is 11.1 Å². The van der Waals surface area contributed by atoms with E-state index in [-0.39, 0.29) is 5.91 Å². The summed E-state index contributed by atoms with van der Waals surface area (Å²) in [7, 11) is 1.85. The van der Waals surface area contributed by atoms with Crippen molar-refractivity contribution in [3.8, 4) is 0 Å². The van der Waals surface area contributed by atoms with Crippen molar-refractivity contribution in [1.82, 2.24) is 15.1 Å². The van der Waals surface area contributed by atoms with Crippen LogP contribution in [-0.2, 0) is 31.4 Å².